The molecule has 1 amide bonds. The van der Waals surface area contributed by atoms with Crippen LogP contribution in [0.15, 0.2) is 24.3 Å². The second kappa shape index (κ2) is 8.74. The second-order valence-corrected chi connectivity index (χ2v) is 5.80. The van der Waals surface area contributed by atoms with E-state index >= 15 is 0 Å². The van der Waals surface area contributed by atoms with Crippen LogP contribution in [0, 0.1) is 0 Å². The highest BCUT2D eigenvalue weighted by molar-refractivity contribution is 7.80. The smallest absolute Gasteiger partial charge is 0.225 e. The summed E-state index contributed by atoms with van der Waals surface area (Å²) in [6, 6.07) is 7.80. The molecule has 3 N–H and O–H groups in total. The Hall–Kier alpha value is -1.46. The van der Waals surface area contributed by atoms with Gasteiger partial charge < -0.3 is 16.0 Å². The number of nitrogens with two attached hydrogens (primary N) is 1. The van der Waals surface area contributed by atoms with Gasteiger partial charge in [-0.2, -0.15) is 0 Å². The molecule has 0 saturated carbocycles. The molecule has 0 fully saturated rings. The quantitative estimate of drug-likeness (QED) is 0.725. The molecule has 0 aromatic heterocycles. The Morgan fingerprint density at radius 3 is 2.81 bits per heavy atom. The number of benzene rings is 1. The zero-order valence-corrected chi connectivity index (χ0v) is 13.9. The molecule has 1 atom stereocenters. The number of rotatable bonds is 8. The molecule has 0 aliphatic carbocycles. The number of anilines is 1. The molecule has 1 unspecified atom stereocenters. The minimum absolute atomic E-state index is 0.00522. The molecule has 0 aliphatic rings. The van der Waals surface area contributed by atoms with E-state index in [0.29, 0.717) is 17.5 Å². The molecule has 4 nitrogen and oxygen atoms in total. The third-order valence-corrected chi connectivity index (χ3v) is 3.82. The van der Waals surface area contributed by atoms with E-state index < -0.39 is 0 Å². The lowest BCUT2D eigenvalue weighted by molar-refractivity contribution is -0.116. The van der Waals surface area contributed by atoms with Gasteiger partial charge in [0, 0.05) is 30.3 Å². The van der Waals surface area contributed by atoms with Gasteiger partial charge in [-0.15, -0.1) is 0 Å². The van der Waals surface area contributed by atoms with Crippen LogP contribution in [-0.2, 0) is 4.79 Å². The zero-order valence-electron chi connectivity index (χ0n) is 13.1. The standard InChI is InChI=1S/C16H25N3OS/c1-4-6-12(2)19(3)10-9-15(20)18-14-8-5-7-13(11-14)16(17)21/h5,7-8,11-12H,4,6,9-10H2,1-3H3,(H2,17,21)(H,18,20). The Morgan fingerprint density at radius 1 is 1.48 bits per heavy atom. The van der Waals surface area contributed by atoms with Crippen molar-refractivity contribution in [3.8, 4) is 0 Å². The van der Waals surface area contributed by atoms with Gasteiger partial charge in [0.1, 0.15) is 4.99 Å². The van der Waals surface area contributed by atoms with Crippen LogP contribution in [-0.4, -0.2) is 35.4 Å². The van der Waals surface area contributed by atoms with Crippen molar-refractivity contribution in [2.45, 2.75) is 39.2 Å². The van der Waals surface area contributed by atoms with Crippen LogP contribution in [0.4, 0.5) is 5.69 Å². The summed E-state index contributed by atoms with van der Waals surface area (Å²) in [7, 11) is 2.06. The van der Waals surface area contributed by atoms with Crippen molar-refractivity contribution < 1.29 is 4.79 Å². The lowest BCUT2D eigenvalue weighted by Gasteiger charge is -2.23. The molecule has 1 aromatic rings. The van der Waals surface area contributed by atoms with Crippen molar-refractivity contribution in [2.24, 2.45) is 5.73 Å². The van der Waals surface area contributed by atoms with E-state index in [9.17, 15) is 4.79 Å². The molecule has 0 bridgehead atoms. The molecule has 0 radical (unpaired) electrons. The van der Waals surface area contributed by atoms with Crippen LogP contribution >= 0.6 is 12.2 Å². The maximum absolute atomic E-state index is 12.0. The number of hydrogen-bond donors (Lipinski definition) is 2. The van der Waals surface area contributed by atoms with Crippen molar-refractivity contribution in [3.63, 3.8) is 0 Å². The van der Waals surface area contributed by atoms with Gasteiger partial charge in [0.25, 0.3) is 0 Å². The van der Waals surface area contributed by atoms with E-state index in [4.69, 9.17) is 18.0 Å². The average molecular weight is 307 g/mol. The summed E-state index contributed by atoms with van der Waals surface area (Å²) in [4.78, 5) is 14.5. The van der Waals surface area contributed by atoms with Crippen molar-refractivity contribution in [3.05, 3.63) is 29.8 Å². The highest BCUT2D eigenvalue weighted by atomic mass is 32.1. The van der Waals surface area contributed by atoms with E-state index in [1.54, 1.807) is 6.07 Å². The molecule has 116 valence electrons. The van der Waals surface area contributed by atoms with Crippen molar-refractivity contribution in [1.29, 1.82) is 0 Å². The summed E-state index contributed by atoms with van der Waals surface area (Å²) in [5.74, 6) is 0.00522. The van der Waals surface area contributed by atoms with Crippen molar-refractivity contribution in [2.75, 3.05) is 18.9 Å². The van der Waals surface area contributed by atoms with Gasteiger partial charge in [0.2, 0.25) is 5.91 Å². The van der Waals surface area contributed by atoms with E-state index in [0.717, 1.165) is 30.6 Å². The predicted molar refractivity (Wildman–Crippen MR) is 92.6 cm³/mol. The first kappa shape index (κ1) is 17.6. The fraction of sp³-hybridized carbons (Fsp3) is 0.500. The number of hydrogen-bond acceptors (Lipinski definition) is 3. The SMILES string of the molecule is CCCC(C)N(C)CCC(=O)Nc1cccc(C(N)=S)c1. The number of thiocarbonyl (C=S) groups is 1. The molecule has 0 heterocycles. The third kappa shape index (κ3) is 6.23. The van der Waals surface area contributed by atoms with Crippen molar-refractivity contribution >= 4 is 28.8 Å². The highest BCUT2D eigenvalue weighted by Gasteiger charge is 2.10. The van der Waals surface area contributed by atoms with Crippen LogP contribution in [0.1, 0.15) is 38.7 Å². The highest BCUT2D eigenvalue weighted by Crippen LogP contribution is 2.11. The lowest BCUT2D eigenvalue weighted by atomic mass is 10.1. The third-order valence-electron chi connectivity index (χ3n) is 3.58. The molecule has 1 rings (SSSR count). The second-order valence-electron chi connectivity index (χ2n) is 5.36. The van der Waals surface area contributed by atoms with E-state index in [1.165, 1.54) is 0 Å². The summed E-state index contributed by atoms with van der Waals surface area (Å²) in [6.45, 7) is 5.11. The van der Waals surface area contributed by atoms with Crippen LogP contribution < -0.4 is 11.1 Å². The summed E-state index contributed by atoms with van der Waals surface area (Å²) < 4.78 is 0. The first-order valence-electron chi connectivity index (χ1n) is 7.34. The van der Waals surface area contributed by atoms with Crippen LogP contribution in [0.25, 0.3) is 0 Å². The zero-order chi connectivity index (χ0) is 15.8. The van der Waals surface area contributed by atoms with E-state index in [2.05, 4.69) is 31.1 Å². The summed E-state index contributed by atoms with van der Waals surface area (Å²) in [6.07, 6.45) is 2.78. The number of carbonyl (C=O) groups excluding carboxylic acids is 1. The molecule has 5 heteroatoms. The summed E-state index contributed by atoms with van der Waals surface area (Å²) >= 11 is 4.93. The summed E-state index contributed by atoms with van der Waals surface area (Å²) in [5.41, 5.74) is 7.08. The van der Waals surface area contributed by atoms with Gasteiger partial charge in [-0.1, -0.05) is 37.7 Å². The Labute approximate surface area is 132 Å². The van der Waals surface area contributed by atoms with Gasteiger partial charge in [0.05, 0.1) is 0 Å². The predicted octanol–water partition coefficient (Wildman–Crippen LogP) is 2.77. The van der Waals surface area contributed by atoms with Crippen LogP contribution in [0.5, 0.6) is 0 Å². The van der Waals surface area contributed by atoms with Gasteiger partial charge in [-0.25, -0.2) is 0 Å². The molecule has 21 heavy (non-hydrogen) atoms. The van der Waals surface area contributed by atoms with Gasteiger partial charge in [0.15, 0.2) is 0 Å². The Balaban J connectivity index is 2.47. The van der Waals surface area contributed by atoms with Gasteiger partial charge in [-0.05, 0) is 32.5 Å². The van der Waals surface area contributed by atoms with E-state index in [1.807, 2.05) is 18.2 Å². The van der Waals surface area contributed by atoms with Gasteiger partial charge in [-0.3, -0.25) is 4.79 Å². The monoisotopic (exact) mass is 307 g/mol. The van der Waals surface area contributed by atoms with Crippen LogP contribution in [0.2, 0.25) is 0 Å². The first-order valence-corrected chi connectivity index (χ1v) is 7.74. The number of nitrogens with one attached hydrogen (secondary N) is 1. The van der Waals surface area contributed by atoms with Crippen molar-refractivity contribution in [1.82, 2.24) is 4.90 Å². The lowest BCUT2D eigenvalue weighted by Crippen LogP contribution is -2.32. The van der Waals surface area contributed by atoms with Crippen LogP contribution in [0.3, 0.4) is 0 Å². The maximum Gasteiger partial charge on any atom is 0.225 e. The molecular formula is C16H25N3OS. The average Bonchev–Trinajstić information content (AvgIpc) is 2.45. The fourth-order valence-corrected chi connectivity index (χ4v) is 2.24. The van der Waals surface area contributed by atoms with Gasteiger partial charge >= 0.3 is 0 Å². The molecule has 0 spiro atoms. The minimum Gasteiger partial charge on any atom is -0.389 e. The molecule has 0 saturated heterocycles. The summed E-state index contributed by atoms with van der Waals surface area (Å²) in [5, 5.41) is 2.88. The molecule has 0 aliphatic heterocycles. The maximum atomic E-state index is 12.0. The number of nitrogens with zero attached hydrogens (tertiary/aromatic N) is 1. The number of carbonyl (C=O) groups is 1. The Bertz CT molecular complexity index is 490. The first-order chi connectivity index (χ1) is 9.93. The Kier molecular flexibility index (Phi) is 7.32. The topological polar surface area (TPSA) is 58.4 Å². The minimum atomic E-state index is 0.00522. The molecular weight excluding hydrogens is 282 g/mol. The number of amides is 1. The molecule has 1 aromatic carbocycles. The Morgan fingerprint density at radius 2 is 2.19 bits per heavy atom. The fourth-order valence-electron chi connectivity index (χ4n) is 2.11. The normalized spacial score (nSPS) is 12.2. The largest absolute Gasteiger partial charge is 0.389 e. The van der Waals surface area contributed by atoms with E-state index in [-0.39, 0.29) is 5.91 Å².